The SMILES string of the molecule is CC1(C)c2cc(/C=C/c3ccc(N(c4ccc5ccccc5c4)c4ccc5ccccc5c4)cc3)ccc2-c2ccc(N(c3ccccc3)c3ccccc3)cc21. The molecule has 0 amide bonds. The first kappa shape index (κ1) is 34.3. The van der Waals surface area contributed by atoms with Gasteiger partial charge in [-0.05, 0) is 128 Å². The van der Waals surface area contributed by atoms with Crippen molar-refractivity contribution >= 4 is 67.8 Å². The van der Waals surface area contributed by atoms with Crippen molar-refractivity contribution in [3.8, 4) is 11.1 Å². The van der Waals surface area contributed by atoms with Gasteiger partial charge in [0.2, 0.25) is 0 Å². The summed E-state index contributed by atoms with van der Waals surface area (Å²) in [7, 11) is 0. The minimum atomic E-state index is -0.153. The third-order valence-corrected chi connectivity index (χ3v) is 11.6. The van der Waals surface area contributed by atoms with Gasteiger partial charge < -0.3 is 9.80 Å². The summed E-state index contributed by atoms with van der Waals surface area (Å²) in [6.45, 7) is 4.72. The van der Waals surface area contributed by atoms with E-state index in [1.54, 1.807) is 0 Å². The lowest BCUT2D eigenvalue weighted by Crippen LogP contribution is -2.16. The van der Waals surface area contributed by atoms with Crippen LogP contribution in [-0.2, 0) is 5.41 Å². The van der Waals surface area contributed by atoms with Crippen LogP contribution in [0.2, 0.25) is 0 Å². The topological polar surface area (TPSA) is 6.48 Å². The highest BCUT2D eigenvalue weighted by Gasteiger charge is 2.36. The molecule has 9 aromatic rings. The van der Waals surface area contributed by atoms with Crippen LogP contribution in [0.3, 0.4) is 0 Å². The molecule has 0 N–H and O–H groups in total. The van der Waals surface area contributed by atoms with E-state index in [2.05, 4.69) is 242 Å². The van der Waals surface area contributed by atoms with Crippen LogP contribution in [0.5, 0.6) is 0 Å². The fourth-order valence-electron chi connectivity index (χ4n) is 8.59. The number of benzene rings is 9. The van der Waals surface area contributed by atoms with Crippen molar-refractivity contribution in [1.29, 1.82) is 0 Å². The number of para-hydroxylation sites is 2. The van der Waals surface area contributed by atoms with Crippen molar-refractivity contribution in [3.05, 3.63) is 229 Å². The van der Waals surface area contributed by atoms with Gasteiger partial charge in [-0.15, -0.1) is 0 Å². The zero-order valence-corrected chi connectivity index (χ0v) is 32.2. The molecule has 0 unspecified atom stereocenters. The van der Waals surface area contributed by atoms with Gasteiger partial charge in [-0.25, -0.2) is 0 Å². The molecule has 1 aliphatic carbocycles. The summed E-state index contributed by atoms with van der Waals surface area (Å²) >= 11 is 0. The predicted octanol–water partition coefficient (Wildman–Crippen LogP) is 15.4. The summed E-state index contributed by atoms with van der Waals surface area (Å²) < 4.78 is 0. The Morgan fingerprint density at radius 3 is 1.28 bits per heavy atom. The first-order valence-corrected chi connectivity index (χ1v) is 19.8. The molecule has 272 valence electrons. The van der Waals surface area contributed by atoms with E-state index in [1.165, 1.54) is 49.4 Å². The standard InChI is InChI=1S/C55H42N2/c1-55(2)53-35-40(25-33-51(53)52-34-32-50(38-54(52)55)56(45-17-5-3-6-18-45)46-19-7-4-8-20-46)22-21-39-23-28-47(29-24-39)57(48-30-26-41-13-9-11-15-43(41)36-48)49-31-27-42-14-10-12-16-44(42)37-49/h3-38H,1-2H3/b22-21+. The average molecular weight is 731 g/mol. The summed E-state index contributed by atoms with van der Waals surface area (Å²) in [4.78, 5) is 4.71. The molecule has 0 bridgehead atoms. The summed E-state index contributed by atoms with van der Waals surface area (Å²) in [5.41, 5.74) is 14.4. The van der Waals surface area contributed by atoms with Gasteiger partial charge in [-0.1, -0.05) is 159 Å². The molecule has 0 heterocycles. The predicted molar refractivity (Wildman–Crippen MR) is 244 cm³/mol. The van der Waals surface area contributed by atoms with E-state index in [-0.39, 0.29) is 5.41 Å². The van der Waals surface area contributed by atoms with Crippen molar-refractivity contribution in [2.75, 3.05) is 9.80 Å². The molecular formula is C55H42N2. The fourth-order valence-corrected chi connectivity index (χ4v) is 8.59. The maximum Gasteiger partial charge on any atom is 0.0468 e. The van der Waals surface area contributed by atoms with E-state index in [9.17, 15) is 0 Å². The number of hydrogen-bond donors (Lipinski definition) is 0. The van der Waals surface area contributed by atoms with Crippen LogP contribution < -0.4 is 9.80 Å². The van der Waals surface area contributed by atoms with Crippen LogP contribution in [0.15, 0.2) is 206 Å². The molecule has 2 heteroatoms. The molecule has 0 spiro atoms. The van der Waals surface area contributed by atoms with Gasteiger partial charge in [0.05, 0.1) is 0 Å². The monoisotopic (exact) mass is 730 g/mol. The molecular weight excluding hydrogens is 689 g/mol. The van der Waals surface area contributed by atoms with Crippen LogP contribution in [-0.4, -0.2) is 0 Å². The van der Waals surface area contributed by atoms with Crippen LogP contribution in [0, 0.1) is 0 Å². The van der Waals surface area contributed by atoms with Gasteiger partial charge in [-0.2, -0.15) is 0 Å². The first-order chi connectivity index (χ1) is 28.0. The molecule has 1 aliphatic rings. The van der Waals surface area contributed by atoms with Crippen LogP contribution in [0.4, 0.5) is 34.1 Å². The second kappa shape index (κ2) is 14.2. The van der Waals surface area contributed by atoms with Crippen molar-refractivity contribution in [1.82, 2.24) is 0 Å². The van der Waals surface area contributed by atoms with Crippen molar-refractivity contribution in [3.63, 3.8) is 0 Å². The molecule has 0 saturated heterocycles. The third kappa shape index (κ3) is 6.36. The van der Waals surface area contributed by atoms with Crippen molar-refractivity contribution in [2.24, 2.45) is 0 Å². The zero-order valence-electron chi connectivity index (χ0n) is 32.2. The Morgan fingerprint density at radius 2 is 0.702 bits per heavy atom. The molecule has 0 aliphatic heterocycles. The quantitative estimate of drug-likeness (QED) is 0.144. The van der Waals surface area contributed by atoms with E-state index < -0.39 is 0 Å². The molecule has 0 fully saturated rings. The summed E-state index contributed by atoms with van der Waals surface area (Å²) in [6, 6.07) is 74.7. The number of nitrogens with zero attached hydrogens (tertiary/aromatic N) is 2. The highest BCUT2D eigenvalue weighted by Crippen LogP contribution is 2.51. The Balaban J connectivity index is 0.948. The molecule has 0 atom stereocenters. The molecule has 9 aromatic carbocycles. The largest absolute Gasteiger partial charge is 0.310 e. The Bertz CT molecular complexity index is 2810. The Labute approximate surface area is 335 Å². The van der Waals surface area contributed by atoms with Gasteiger partial charge in [0.1, 0.15) is 0 Å². The Hall–Kier alpha value is -7.16. The Kier molecular flexibility index (Phi) is 8.53. The number of rotatable bonds is 8. The fraction of sp³-hybridized carbons (Fsp3) is 0.0545. The van der Waals surface area contributed by atoms with Crippen LogP contribution >= 0.6 is 0 Å². The third-order valence-electron chi connectivity index (χ3n) is 11.6. The number of anilines is 6. The smallest absolute Gasteiger partial charge is 0.0468 e. The summed E-state index contributed by atoms with van der Waals surface area (Å²) in [5, 5.41) is 4.92. The number of hydrogen-bond acceptors (Lipinski definition) is 2. The van der Waals surface area contributed by atoms with Gasteiger partial charge in [-0.3, -0.25) is 0 Å². The van der Waals surface area contributed by atoms with Crippen LogP contribution in [0.25, 0.3) is 44.8 Å². The maximum atomic E-state index is 2.39. The van der Waals surface area contributed by atoms with E-state index >= 15 is 0 Å². The lowest BCUT2D eigenvalue weighted by molar-refractivity contribution is 0.660. The minimum absolute atomic E-state index is 0.153. The minimum Gasteiger partial charge on any atom is -0.310 e. The Morgan fingerprint density at radius 1 is 0.316 bits per heavy atom. The normalized spacial score (nSPS) is 12.8. The second-order valence-electron chi connectivity index (χ2n) is 15.5. The first-order valence-electron chi connectivity index (χ1n) is 19.8. The number of fused-ring (bicyclic) bond motifs is 5. The molecule has 2 nitrogen and oxygen atoms in total. The van der Waals surface area contributed by atoms with Crippen LogP contribution in [0.1, 0.15) is 36.1 Å². The van der Waals surface area contributed by atoms with Crippen molar-refractivity contribution in [2.45, 2.75) is 19.3 Å². The lowest BCUT2D eigenvalue weighted by atomic mass is 9.81. The molecule has 0 radical (unpaired) electrons. The highest BCUT2D eigenvalue weighted by atomic mass is 15.1. The van der Waals surface area contributed by atoms with Gasteiger partial charge >= 0.3 is 0 Å². The average Bonchev–Trinajstić information content (AvgIpc) is 3.49. The summed E-state index contributed by atoms with van der Waals surface area (Å²) in [5.74, 6) is 0. The van der Waals surface area contributed by atoms with E-state index in [0.717, 1.165) is 39.7 Å². The van der Waals surface area contributed by atoms with Gasteiger partial charge in [0.15, 0.2) is 0 Å². The highest BCUT2D eigenvalue weighted by molar-refractivity contribution is 5.93. The summed E-state index contributed by atoms with van der Waals surface area (Å²) in [6.07, 6.45) is 4.48. The second-order valence-corrected chi connectivity index (χ2v) is 15.5. The van der Waals surface area contributed by atoms with E-state index in [1.807, 2.05) is 0 Å². The van der Waals surface area contributed by atoms with E-state index in [4.69, 9.17) is 0 Å². The van der Waals surface area contributed by atoms with E-state index in [0.29, 0.717) is 0 Å². The molecule has 0 aromatic heterocycles. The van der Waals surface area contributed by atoms with Gasteiger partial charge in [0.25, 0.3) is 0 Å². The van der Waals surface area contributed by atoms with Gasteiger partial charge in [0, 0.05) is 39.5 Å². The molecule has 10 rings (SSSR count). The zero-order chi connectivity index (χ0) is 38.3. The molecule has 0 saturated carbocycles. The van der Waals surface area contributed by atoms with Crippen molar-refractivity contribution < 1.29 is 0 Å². The maximum absolute atomic E-state index is 2.39. The lowest BCUT2D eigenvalue weighted by Gasteiger charge is -2.28. The molecule has 57 heavy (non-hydrogen) atoms.